The quantitative estimate of drug-likeness (QED) is 0.820. The summed E-state index contributed by atoms with van der Waals surface area (Å²) in [4.78, 5) is 2.44. The summed E-state index contributed by atoms with van der Waals surface area (Å²) in [7, 11) is 0. The molecule has 3 heterocycles. The third-order valence-electron chi connectivity index (χ3n) is 3.92. The first-order valence-electron chi connectivity index (χ1n) is 7.08. The van der Waals surface area contributed by atoms with Crippen LogP contribution in [0, 0.1) is 5.92 Å². The van der Waals surface area contributed by atoms with Crippen LogP contribution >= 0.6 is 11.5 Å². The summed E-state index contributed by atoms with van der Waals surface area (Å²) in [6, 6.07) is 0. The number of likely N-dealkylation sites (tertiary alicyclic amines) is 1. The molecule has 106 valence electrons. The smallest absolute Gasteiger partial charge is 0.0895 e. The van der Waals surface area contributed by atoms with Crippen molar-refractivity contribution in [2.24, 2.45) is 5.92 Å². The van der Waals surface area contributed by atoms with Gasteiger partial charge in [-0.05, 0) is 30.8 Å². The molecule has 0 saturated carbocycles. The van der Waals surface area contributed by atoms with Crippen molar-refractivity contribution in [3.63, 3.8) is 0 Å². The maximum Gasteiger partial charge on any atom is 0.0895 e. The third-order valence-corrected chi connectivity index (χ3v) is 4.47. The standard InChI is InChI=1S/C13H21N3O2S/c1-4-16(7-12-10-19-15-14-12)5-2-13(1)18-9-11-3-6-17-8-11/h10-11,13H,1-9H2/t11-/m1/s1. The number of nitrogens with zero attached hydrogens (tertiary/aromatic N) is 3. The van der Waals surface area contributed by atoms with Gasteiger partial charge in [0.1, 0.15) is 0 Å². The molecule has 0 amide bonds. The van der Waals surface area contributed by atoms with E-state index in [1.807, 2.05) is 5.38 Å². The van der Waals surface area contributed by atoms with Gasteiger partial charge in [-0.2, -0.15) is 0 Å². The molecule has 0 N–H and O–H groups in total. The van der Waals surface area contributed by atoms with E-state index >= 15 is 0 Å². The molecule has 0 radical (unpaired) electrons. The molecule has 0 spiro atoms. The Morgan fingerprint density at radius 3 is 2.95 bits per heavy atom. The summed E-state index contributed by atoms with van der Waals surface area (Å²) in [5.74, 6) is 0.624. The molecular weight excluding hydrogens is 262 g/mol. The Balaban J connectivity index is 1.34. The highest BCUT2D eigenvalue weighted by Gasteiger charge is 2.22. The summed E-state index contributed by atoms with van der Waals surface area (Å²) in [5.41, 5.74) is 1.09. The number of aromatic nitrogens is 2. The molecular formula is C13H21N3O2S. The lowest BCUT2D eigenvalue weighted by Gasteiger charge is -2.31. The summed E-state index contributed by atoms with van der Waals surface area (Å²) >= 11 is 1.43. The van der Waals surface area contributed by atoms with Gasteiger partial charge in [-0.3, -0.25) is 4.90 Å². The molecule has 1 aromatic rings. The summed E-state index contributed by atoms with van der Waals surface area (Å²) < 4.78 is 15.3. The molecule has 2 aliphatic heterocycles. The molecule has 3 rings (SSSR count). The van der Waals surface area contributed by atoms with Crippen molar-refractivity contribution in [3.05, 3.63) is 11.1 Å². The minimum Gasteiger partial charge on any atom is -0.381 e. The van der Waals surface area contributed by atoms with Crippen LogP contribution in [0.15, 0.2) is 5.38 Å². The Morgan fingerprint density at radius 2 is 2.26 bits per heavy atom. The van der Waals surface area contributed by atoms with Crippen LogP contribution in [0.1, 0.15) is 25.0 Å². The van der Waals surface area contributed by atoms with E-state index in [9.17, 15) is 0 Å². The monoisotopic (exact) mass is 283 g/mol. The number of ether oxygens (including phenoxy) is 2. The molecule has 0 aromatic carbocycles. The zero-order chi connectivity index (χ0) is 12.9. The summed E-state index contributed by atoms with van der Waals surface area (Å²) in [6.45, 7) is 5.80. The topological polar surface area (TPSA) is 47.5 Å². The maximum absolute atomic E-state index is 6.02. The molecule has 6 heteroatoms. The van der Waals surface area contributed by atoms with Gasteiger partial charge in [-0.25, -0.2) is 0 Å². The van der Waals surface area contributed by atoms with Crippen molar-refractivity contribution < 1.29 is 9.47 Å². The Bertz CT molecular complexity index is 360. The molecule has 1 aromatic heterocycles. The minimum atomic E-state index is 0.436. The van der Waals surface area contributed by atoms with Crippen LogP contribution in [0.2, 0.25) is 0 Å². The molecule has 0 bridgehead atoms. The van der Waals surface area contributed by atoms with E-state index in [1.165, 1.54) is 11.5 Å². The first kappa shape index (κ1) is 13.4. The lowest BCUT2D eigenvalue weighted by Crippen LogP contribution is -2.37. The second-order valence-corrected chi connectivity index (χ2v) is 6.04. The number of piperidine rings is 1. The van der Waals surface area contributed by atoms with E-state index in [4.69, 9.17) is 9.47 Å². The van der Waals surface area contributed by atoms with Crippen LogP contribution in [0.5, 0.6) is 0 Å². The average Bonchev–Trinajstić information content (AvgIpc) is 3.11. The van der Waals surface area contributed by atoms with Crippen LogP contribution < -0.4 is 0 Å². The van der Waals surface area contributed by atoms with E-state index in [2.05, 4.69) is 14.5 Å². The fourth-order valence-electron chi connectivity index (χ4n) is 2.70. The fourth-order valence-corrected chi connectivity index (χ4v) is 3.15. The van der Waals surface area contributed by atoms with Gasteiger partial charge in [0.2, 0.25) is 0 Å². The number of hydrogen-bond acceptors (Lipinski definition) is 6. The Kier molecular flexibility index (Phi) is 4.76. The van der Waals surface area contributed by atoms with Gasteiger partial charge in [0.25, 0.3) is 0 Å². The van der Waals surface area contributed by atoms with Gasteiger partial charge < -0.3 is 9.47 Å². The Hall–Kier alpha value is -0.560. The molecule has 2 fully saturated rings. The van der Waals surface area contributed by atoms with E-state index in [-0.39, 0.29) is 0 Å². The first-order valence-corrected chi connectivity index (χ1v) is 7.91. The Labute approximate surface area is 118 Å². The van der Waals surface area contributed by atoms with Crippen molar-refractivity contribution in [2.75, 3.05) is 32.9 Å². The summed E-state index contributed by atoms with van der Waals surface area (Å²) in [5, 5.41) is 6.13. The molecule has 19 heavy (non-hydrogen) atoms. The lowest BCUT2D eigenvalue weighted by molar-refractivity contribution is -0.0118. The summed E-state index contributed by atoms with van der Waals surface area (Å²) in [6.07, 6.45) is 3.86. The van der Waals surface area contributed by atoms with Crippen LogP contribution in [0.4, 0.5) is 0 Å². The molecule has 1 atom stereocenters. The first-order chi connectivity index (χ1) is 9.40. The van der Waals surface area contributed by atoms with E-state index in [0.29, 0.717) is 12.0 Å². The highest BCUT2D eigenvalue weighted by Crippen LogP contribution is 2.19. The zero-order valence-corrected chi connectivity index (χ0v) is 12.0. The molecule has 2 aliphatic rings. The highest BCUT2D eigenvalue weighted by atomic mass is 32.1. The molecule has 5 nitrogen and oxygen atoms in total. The van der Waals surface area contributed by atoms with Gasteiger partial charge >= 0.3 is 0 Å². The van der Waals surface area contributed by atoms with Crippen LogP contribution in [-0.4, -0.2) is 53.5 Å². The van der Waals surface area contributed by atoms with Crippen LogP contribution in [0.3, 0.4) is 0 Å². The van der Waals surface area contributed by atoms with Gasteiger partial charge in [-0.1, -0.05) is 4.49 Å². The van der Waals surface area contributed by atoms with Crippen molar-refractivity contribution in [3.8, 4) is 0 Å². The van der Waals surface area contributed by atoms with Gasteiger partial charge in [0.05, 0.1) is 25.0 Å². The minimum absolute atomic E-state index is 0.436. The second kappa shape index (κ2) is 6.74. The normalized spacial score (nSPS) is 26.0. The van der Waals surface area contributed by atoms with E-state index < -0.39 is 0 Å². The predicted molar refractivity (Wildman–Crippen MR) is 73.1 cm³/mol. The van der Waals surface area contributed by atoms with Crippen molar-refractivity contribution in [1.29, 1.82) is 0 Å². The molecule has 2 saturated heterocycles. The van der Waals surface area contributed by atoms with Crippen molar-refractivity contribution >= 4 is 11.5 Å². The van der Waals surface area contributed by atoms with Gasteiger partial charge in [0.15, 0.2) is 0 Å². The predicted octanol–water partition coefficient (Wildman–Crippen LogP) is 1.56. The SMILES string of the molecule is c1snnc1CN1CCC(OC[C@@H]2CCOC2)CC1. The van der Waals surface area contributed by atoms with E-state index in [1.54, 1.807) is 0 Å². The Morgan fingerprint density at radius 1 is 1.37 bits per heavy atom. The van der Waals surface area contributed by atoms with Crippen LogP contribution in [0.25, 0.3) is 0 Å². The second-order valence-electron chi connectivity index (χ2n) is 5.43. The van der Waals surface area contributed by atoms with Crippen LogP contribution in [-0.2, 0) is 16.0 Å². The molecule has 0 aliphatic carbocycles. The highest BCUT2D eigenvalue weighted by molar-refractivity contribution is 7.03. The third kappa shape index (κ3) is 3.95. The largest absolute Gasteiger partial charge is 0.381 e. The molecule has 0 unspecified atom stereocenters. The fraction of sp³-hybridized carbons (Fsp3) is 0.846. The van der Waals surface area contributed by atoms with Gasteiger partial charge in [0, 0.05) is 37.5 Å². The van der Waals surface area contributed by atoms with Gasteiger partial charge in [-0.15, -0.1) is 5.10 Å². The lowest BCUT2D eigenvalue weighted by atomic mass is 10.1. The zero-order valence-electron chi connectivity index (χ0n) is 11.2. The number of hydrogen-bond donors (Lipinski definition) is 0. The van der Waals surface area contributed by atoms with Crippen molar-refractivity contribution in [1.82, 2.24) is 14.5 Å². The number of rotatable bonds is 5. The average molecular weight is 283 g/mol. The van der Waals surface area contributed by atoms with E-state index in [0.717, 1.165) is 64.4 Å². The van der Waals surface area contributed by atoms with Crippen molar-refractivity contribution in [2.45, 2.75) is 31.9 Å². The maximum atomic E-state index is 6.02.